The Kier molecular flexibility index (Phi) is 12.8. The molecule has 0 N–H and O–H groups in total. The van der Waals surface area contributed by atoms with Gasteiger partial charge in [-0.05, 0) is 68.4 Å². The third kappa shape index (κ3) is 9.90. The molecule has 0 unspecified atom stereocenters. The lowest BCUT2D eigenvalue weighted by atomic mass is 10.0. The summed E-state index contributed by atoms with van der Waals surface area (Å²) >= 11 is 0. The van der Waals surface area contributed by atoms with Crippen LogP contribution in [0.15, 0.2) is 61.7 Å². The van der Waals surface area contributed by atoms with Crippen molar-refractivity contribution in [3.63, 3.8) is 0 Å². The summed E-state index contributed by atoms with van der Waals surface area (Å²) in [5.41, 5.74) is 0.642. The Morgan fingerprint density at radius 2 is 1.19 bits per heavy atom. The highest BCUT2D eigenvalue weighted by atomic mass is 19.2. The van der Waals surface area contributed by atoms with Crippen LogP contribution in [0.3, 0.4) is 0 Å². The van der Waals surface area contributed by atoms with Crippen molar-refractivity contribution in [2.75, 3.05) is 26.4 Å². The fourth-order valence-corrected chi connectivity index (χ4v) is 3.19. The molecule has 0 bridgehead atoms. The van der Waals surface area contributed by atoms with Gasteiger partial charge in [0.2, 0.25) is 5.82 Å². The molecular weight excluding hydrogens is 470 g/mol. The van der Waals surface area contributed by atoms with E-state index in [2.05, 4.69) is 13.2 Å². The van der Waals surface area contributed by atoms with Gasteiger partial charge in [0.05, 0.1) is 26.4 Å². The number of carbonyl (C=O) groups excluding carboxylic acids is 2. The number of hydrogen-bond acceptors (Lipinski definition) is 6. The quantitative estimate of drug-likeness (QED) is 0.146. The summed E-state index contributed by atoms with van der Waals surface area (Å²) in [5.74, 6) is -2.43. The maximum Gasteiger partial charge on any atom is 0.330 e. The van der Waals surface area contributed by atoms with E-state index in [1.807, 2.05) is 0 Å². The first-order chi connectivity index (χ1) is 17.5. The minimum absolute atomic E-state index is 0.129. The van der Waals surface area contributed by atoms with E-state index >= 15 is 0 Å². The van der Waals surface area contributed by atoms with Crippen LogP contribution in [0.2, 0.25) is 0 Å². The van der Waals surface area contributed by atoms with Crippen LogP contribution in [-0.2, 0) is 19.1 Å². The molecule has 0 saturated carbocycles. The average Bonchev–Trinajstić information content (AvgIpc) is 2.90. The van der Waals surface area contributed by atoms with Crippen LogP contribution in [0.4, 0.5) is 8.78 Å². The minimum atomic E-state index is -1.03. The second-order valence-corrected chi connectivity index (χ2v) is 7.83. The predicted molar refractivity (Wildman–Crippen MR) is 133 cm³/mol. The molecule has 0 spiro atoms. The molecule has 2 aromatic carbocycles. The molecule has 36 heavy (non-hydrogen) atoms. The zero-order valence-corrected chi connectivity index (χ0v) is 20.3. The predicted octanol–water partition coefficient (Wildman–Crippen LogP) is 6.19. The Morgan fingerprint density at radius 3 is 1.81 bits per heavy atom. The number of esters is 2. The van der Waals surface area contributed by atoms with Crippen molar-refractivity contribution in [2.45, 2.75) is 38.5 Å². The molecule has 0 atom stereocenters. The van der Waals surface area contributed by atoms with Crippen molar-refractivity contribution in [1.82, 2.24) is 0 Å². The van der Waals surface area contributed by atoms with Crippen LogP contribution in [-0.4, -0.2) is 38.4 Å². The molecule has 0 aliphatic heterocycles. The van der Waals surface area contributed by atoms with Crippen LogP contribution in [0.5, 0.6) is 11.5 Å². The van der Waals surface area contributed by atoms with Gasteiger partial charge in [-0.3, -0.25) is 0 Å². The summed E-state index contributed by atoms with van der Waals surface area (Å²) in [6.07, 6.45) is 6.61. The van der Waals surface area contributed by atoms with Gasteiger partial charge in [-0.1, -0.05) is 25.3 Å². The molecule has 2 rings (SSSR count). The van der Waals surface area contributed by atoms with Gasteiger partial charge < -0.3 is 18.9 Å². The molecule has 0 aromatic heterocycles. The fraction of sp³-hybridized carbons (Fsp3) is 0.357. The van der Waals surface area contributed by atoms with E-state index in [4.69, 9.17) is 18.9 Å². The van der Waals surface area contributed by atoms with E-state index in [1.165, 1.54) is 12.1 Å². The smallest absolute Gasteiger partial charge is 0.330 e. The van der Waals surface area contributed by atoms with Crippen LogP contribution in [0.1, 0.15) is 38.5 Å². The van der Waals surface area contributed by atoms with Crippen LogP contribution >= 0.6 is 0 Å². The third-order valence-corrected chi connectivity index (χ3v) is 5.14. The highest BCUT2D eigenvalue weighted by Gasteiger charge is 2.16. The van der Waals surface area contributed by atoms with Gasteiger partial charge in [0.25, 0.3) is 0 Å². The summed E-state index contributed by atoms with van der Waals surface area (Å²) in [6.45, 7) is 7.97. The summed E-state index contributed by atoms with van der Waals surface area (Å²) < 4.78 is 50.0. The Balaban J connectivity index is 1.75. The van der Waals surface area contributed by atoms with E-state index in [0.717, 1.165) is 25.0 Å². The largest absolute Gasteiger partial charge is 0.494 e. The zero-order valence-electron chi connectivity index (χ0n) is 20.3. The molecule has 0 aliphatic carbocycles. The maximum atomic E-state index is 14.7. The number of rotatable bonds is 17. The van der Waals surface area contributed by atoms with Crippen molar-refractivity contribution >= 4 is 11.9 Å². The second kappa shape index (κ2) is 16.1. The van der Waals surface area contributed by atoms with Gasteiger partial charge in [0.15, 0.2) is 11.6 Å². The summed E-state index contributed by atoms with van der Waals surface area (Å²) in [4.78, 5) is 21.9. The monoisotopic (exact) mass is 502 g/mol. The molecule has 0 radical (unpaired) electrons. The van der Waals surface area contributed by atoms with Crippen LogP contribution in [0, 0.1) is 11.6 Å². The average molecular weight is 503 g/mol. The Morgan fingerprint density at radius 1 is 0.667 bits per heavy atom. The SMILES string of the molecule is C=CC(=O)OCCCCCCOc1ccc(-c2ccc(OCCCCOC(=O)C=C)cc2)c(F)c1F. The van der Waals surface area contributed by atoms with Gasteiger partial charge in [0.1, 0.15) is 5.75 Å². The van der Waals surface area contributed by atoms with E-state index in [0.29, 0.717) is 56.8 Å². The maximum absolute atomic E-state index is 14.7. The van der Waals surface area contributed by atoms with Gasteiger partial charge >= 0.3 is 11.9 Å². The minimum Gasteiger partial charge on any atom is -0.494 e. The van der Waals surface area contributed by atoms with Gasteiger partial charge in [-0.2, -0.15) is 4.39 Å². The topological polar surface area (TPSA) is 71.1 Å². The number of hydrogen-bond donors (Lipinski definition) is 0. The van der Waals surface area contributed by atoms with Gasteiger partial charge in [-0.15, -0.1) is 0 Å². The molecule has 2 aromatic rings. The van der Waals surface area contributed by atoms with Crippen LogP contribution in [0.25, 0.3) is 11.1 Å². The lowest BCUT2D eigenvalue weighted by molar-refractivity contribution is -0.138. The highest BCUT2D eigenvalue weighted by Crippen LogP contribution is 2.31. The number of ether oxygens (including phenoxy) is 4. The summed E-state index contributed by atoms with van der Waals surface area (Å²) in [6, 6.07) is 9.60. The number of benzene rings is 2. The normalized spacial score (nSPS) is 10.4. The Labute approximate surface area is 210 Å². The Bertz CT molecular complexity index is 1000. The van der Waals surface area contributed by atoms with Crippen LogP contribution < -0.4 is 9.47 Å². The first-order valence-electron chi connectivity index (χ1n) is 11.9. The number of unbranched alkanes of at least 4 members (excludes halogenated alkanes) is 4. The van der Waals surface area contributed by atoms with E-state index in [1.54, 1.807) is 24.3 Å². The highest BCUT2D eigenvalue weighted by molar-refractivity contribution is 5.81. The van der Waals surface area contributed by atoms with Crippen molar-refractivity contribution < 1.29 is 37.3 Å². The fourth-order valence-electron chi connectivity index (χ4n) is 3.19. The summed E-state index contributed by atoms with van der Waals surface area (Å²) in [5, 5.41) is 0. The molecule has 6 nitrogen and oxygen atoms in total. The summed E-state index contributed by atoms with van der Waals surface area (Å²) in [7, 11) is 0. The van der Waals surface area contributed by atoms with Crippen molar-refractivity contribution in [1.29, 1.82) is 0 Å². The third-order valence-electron chi connectivity index (χ3n) is 5.14. The van der Waals surface area contributed by atoms with Crippen molar-refractivity contribution in [3.8, 4) is 22.6 Å². The standard InChI is InChI=1S/C28H32F2O6/c1-3-25(31)35-19-8-6-5-7-18-34-24-16-15-23(27(29)28(24)30)21-11-13-22(14-12-21)33-17-9-10-20-36-26(32)4-2/h3-4,11-16H,1-2,5-10,17-20H2. The molecule has 194 valence electrons. The molecule has 0 amide bonds. The zero-order chi connectivity index (χ0) is 26.2. The number of halogens is 2. The lowest BCUT2D eigenvalue weighted by Gasteiger charge is -2.11. The number of carbonyl (C=O) groups is 2. The van der Waals surface area contributed by atoms with E-state index in [9.17, 15) is 18.4 Å². The second-order valence-electron chi connectivity index (χ2n) is 7.83. The van der Waals surface area contributed by atoms with E-state index < -0.39 is 23.6 Å². The van der Waals surface area contributed by atoms with E-state index in [-0.39, 0.29) is 17.9 Å². The van der Waals surface area contributed by atoms with Crippen molar-refractivity contribution in [2.24, 2.45) is 0 Å². The Hall–Kier alpha value is -3.68. The molecule has 8 heteroatoms. The first kappa shape index (κ1) is 28.6. The molecule has 0 saturated heterocycles. The van der Waals surface area contributed by atoms with Gasteiger partial charge in [0, 0.05) is 17.7 Å². The first-order valence-corrected chi connectivity index (χ1v) is 11.9. The van der Waals surface area contributed by atoms with Gasteiger partial charge in [-0.25, -0.2) is 14.0 Å². The lowest BCUT2D eigenvalue weighted by Crippen LogP contribution is -2.04. The molecular formula is C28H32F2O6. The molecule has 0 fully saturated rings. The molecule has 0 heterocycles. The van der Waals surface area contributed by atoms with Crippen molar-refractivity contribution in [3.05, 3.63) is 73.3 Å². The molecule has 0 aliphatic rings.